The van der Waals surface area contributed by atoms with Gasteiger partial charge >= 0.3 is 0 Å². The lowest BCUT2D eigenvalue weighted by Gasteiger charge is -2.22. The van der Waals surface area contributed by atoms with E-state index in [1.165, 1.54) is 17.0 Å². The summed E-state index contributed by atoms with van der Waals surface area (Å²) in [7, 11) is 0. The zero-order valence-electron chi connectivity index (χ0n) is 9.93. The van der Waals surface area contributed by atoms with Crippen molar-refractivity contribution in [1.29, 1.82) is 0 Å². The molecule has 1 fully saturated rings. The zero-order chi connectivity index (χ0) is 13.1. The molecule has 1 saturated heterocycles. The molecular formula is C13H15FN2O2. The third kappa shape index (κ3) is 2.67. The number of carbonyl (C=O) groups excluding carboxylic acids is 2. The molecule has 0 radical (unpaired) electrons. The lowest BCUT2D eigenvalue weighted by atomic mass is 10.1. The average Bonchev–Trinajstić information content (AvgIpc) is 2.81. The number of rotatable bonds is 3. The van der Waals surface area contributed by atoms with Gasteiger partial charge in [-0.15, -0.1) is 0 Å². The van der Waals surface area contributed by atoms with E-state index in [1.54, 1.807) is 12.1 Å². The van der Waals surface area contributed by atoms with Crippen molar-refractivity contribution < 1.29 is 14.0 Å². The number of hydrogen-bond donors (Lipinski definition) is 1. The fraction of sp³-hybridized carbons (Fsp3) is 0.385. The van der Waals surface area contributed by atoms with Crippen LogP contribution in [0.25, 0.3) is 0 Å². The van der Waals surface area contributed by atoms with E-state index < -0.39 is 11.9 Å². The molecule has 2 rings (SSSR count). The second-order valence-electron chi connectivity index (χ2n) is 4.45. The highest BCUT2D eigenvalue weighted by atomic mass is 19.1. The minimum atomic E-state index is -0.488. The van der Waals surface area contributed by atoms with Crippen molar-refractivity contribution in [2.45, 2.75) is 25.3 Å². The minimum absolute atomic E-state index is 0.136. The average molecular weight is 250 g/mol. The molecule has 5 heteroatoms. The summed E-state index contributed by atoms with van der Waals surface area (Å²) in [6, 6.07) is 5.29. The summed E-state index contributed by atoms with van der Waals surface area (Å²) in [5, 5.41) is 0. The van der Waals surface area contributed by atoms with Crippen LogP contribution in [0.1, 0.15) is 18.4 Å². The summed E-state index contributed by atoms with van der Waals surface area (Å²) in [5.41, 5.74) is 5.99. The molecule has 1 aliphatic rings. The monoisotopic (exact) mass is 250 g/mol. The summed E-state index contributed by atoms with van der Waals surface area (Å²) < 4.78 is 12.7. The van der Waals surface area contributed by atoms with Crippen LogP contribution in [0.15, 0.2) is 24.3 Å². The predicted molar refractivity (Wildman–Crippen MR) is 64.0 cm³/mol. The molecule has 4 nitrogen and oxygen atoms in total. The van der Waals surface area contributed by atoms with Gasteiger partial charge in [0.15, 0.2) is 0 Å². The van der Waals surface area contributed by atoms with Gasteiger partial charge in [-0.3, -0.25) is 9.59 Å². The lowest BCUT2D eigenvalue weighted by molar-refractivity contribution is -0.136. The van der Waals surface area contributed by atoms with E-state index in [9.17, 15) is 14.0 Å². The number of nitrogens with zero attached hydrogens (tertiary/aromatic N) is 1. The maximum Gasteiger partial charge on any atom is 0.240 e. The number of hydrogen-bond acceptors (Lipinski definition) is 2. The fourth-order valence-corrected chi connectivity index (χ4v) is 2.24. The molecule has 1 aromatic rings. The van der Waals surface area contributed by atoms with Crippen LogP contribution < -0.4 is 5.73 Å². The van der Waals surface area contributed by atoms with Gasteiger partial charge in [0.25, 0.3) is 0 Å². The van der Waals surface area contributed by atoms with Gasteiger partial charge in [-0.2, -0.15) is 0 Å². The Morgan fingerprint density at radius 2 is 2.00 bits per heavy atom. The highest BCUT2D eigenvalue weighted by molar-refractivity contribution is 5.88. The summed E-state index contributed by atoms with van der Waals surface area (Å²) >= 11 is 0. The Labute approximate surface area is 105 Å². The Morgan fingerprint density at radius 1 is 1.33 bits per heavy atom. The van der Waals surface area contributed by atoms with Gasteiger partial charge in [0, 0.05) is 6.54 Å². The van der Waals surface area contributed by atoms with Crippen LogP contribution >= 0.6 is 0 Å². The first kappa shape index (κ1) is 12.5. The van der Waals surface area contributed by atoms with Crippen LogP contribution in [0.4, 0.5) is 4.39 Å². The van der Waals surface area contributed by atoms with Crippen LogP contribution in [0, 0.1) is 5.82 Å². The van der Waals surface area contributed by atoms with Crippen molar-refractivity contribution in [2.75, 3.05) is 6.54 Å². The Kier molecular flexibility index (Phi) is 3.60. The maximum absolute atomic E-state index is 12.7. The Morgan fingerprint density at radius 3 is 2.61 bits per heavy atom. The smallest absolute Gasteiger partial charge is 0.240 e. The van der Waals surface area contributed by atoms with Crippen LogP contribution in [-0.2, 0) is 16.0 Å². The van der Waals surface area contributed by atoms with Crippen molar-refractivity contribution in [2.24, 2.45) is 5.73 Å². The molecule has 0 spiro atoms. The molecule has 0 aliphatic carbocycles. The molecule has 96 valence electrons. The SMILES string of the molecule is NC(=O)[C@@H]1CCCN1C(=O)Cc1ccc(F)cc1. The molecule has 0 aromatic heterocycles. The van der Waals surface area contributed by atoms with E-state index in [2.05, 4.69) is 0 Å². The first-order chi connectivity index (χ1) is 8.58. The molecular weight excluding hydrogens is 235 g/mol. The predicted octanol–water partition coefficient (Wildman–Crippen LogP) is 0.844. The summed E-state index contributed by atoms with van der Waals surface area (Å²) in [6.07, 6.45) is 1.59. The highest BCUT2D eigenvalue weighted by Crippen LogP contribution is 2.18. The van der Waals surface area contributed by atoms with Gasteiger partial charge in [-0.1, -0.05) is 12.1 Å². The second kappa shape index (κ2) is 5.16. The molecule has 1 aromatic carbocycles. The van der Waals surface area contributed by atoms with Crippen molar-refractivity contribution in [3.05, 3.63) is 35.6 Å². The highest BCUT2D eigenvalue weighted by Gasteiger charge is 2.32. The van der Waals surface area contributed by atoms with Gasteiger partial charge in [0.1, 0.15) is 11.9 Å². The molecule has 0 saturated carbocycles. The van der Waals surface area contributed by atoms with Crippen molar-refractivity contribution in [1.82, 2.24) is 4.90 Å². The Balaban J connectivity index is 2.03. The summed E-state index contributed by atoms with van der Waals surface area (Å²) in [4.78, 5) is 24.8. The molecule has 1 heterocycles. The molecule has 2 N–H and O–H groups in total. The van der Waals surface area contributed by atoms with Crippen LogP contribution in [0.2, 0.25) is 0 Å². The standard InChI is InChI=1S/C13H15FN2O2/c14-10-5-3-9(4-6-10)8-12(17)16-7-1-2-11(16)13(15)18/h3-6,11H,1-2,7-8H2,(H2,15,18)/t11-/m0/s1. The number of likely N-dealkylation sites (tertiary alicyclic amines) is 1. The van der Waals surface area contributed by atoms with Gasteiger partial charge in [0.05, 0.1) is 6.42 Å². The molecule has 0 unspecified atom stereocenters. The Hall–Kier alpha value is -1.91. The molecule has 1 aliphatic heterocycles. The number of carbonyl (C=O) groups is 2. The van der Waals surface area contributed by atoms with E-state index in [0.29, 0.717) is 13.0 Å². The zero-order valence-corrected chi connectivity index (χ0v) is 9.93. The second-order valence-corrected chi connectivity index (χ2v) is 4.45. The lowest BCUT2D eigenvalue weighted by Crippen LogP contribution is -2.44. The third-order valence-electron chi connectivity index (χ3n) is 3.17. The van der Waals surface area contributed by atoms with Crippen molar-refractivity contribution >= 4 is 11.8 Å². The number of nitrogens with two attached hydrogens (primary N) is 1. The summed E-state index contributed by atoms with van der Waals surface area (Å²) in [5.74, 6) is -0.926. The van der Waals surface area contributed by atoms with Crippen LogP contribution in [-0.4, -0.2) is 29.3 Å². The van der Waals surface area contributed by atoms with E-state index in [0.717, 1.165) is 12.0 Å². The number of halogens is 1. The van der Waals surface area contributed by atoms with Crippen LogP contribution in [0.5, 0.6) is 0 Å². The molecule has 0 bridgehead atoms. The number of primary amides is 1. The Bertz CT molecular complexity index is 459. The third-order valence-corrected chi connectivity index (χ3v) is 3.17. The van der Waals surface area contributed by atoms with E-state index in [-0.39, 0.29) is 18.1 Å². The van der Waals surface area contributed by atoms with E-state index >= 15 is 0 Å². The normalized spacial score (nSPS) is 18.9. The van der Waals surface area contributed by atoms with E-state index in [4.69, 9.17) is 5.73 Å². The molecule has 1 atom stereocenters. The fourth-order valence-electron chi connectivity index (χ4n) is 2.24. The maximum atomic E-state index is 12.7. The largest absolute Gasteiger partial charge is 0.368 e. The van der Waals surface area contributed by atoms with Gasteiger partial charge in [0.2, 0.25) is 11.8 Å². The van der Waals surface area contributed by atoms with Gasteiger partial charge in [-0.05, 0) is 30.5 Å². The van der Waals surface area contributed by atoms with Crippen LogP contribution in [0.3, 0.4) is 0 Å². The summed E-state index contributed by atoms with van der Waals surface area (Å²) in [6.45, 7) is 0.563. The first-order valence-corrected chi connectivity index (χ1v) is 5.91. The van der Waals surface area contributed by atoms with Crippen molar-refractivity contribution in [3.8, 4) is 0 Å². The number of benzene rings is 1. The quantitative estimate of drug-likeness (QED) is 0.864. The van der Waals surface area contributed by atoms with Crippen molar-refractivity contribution in [3.63, 3.8) is 0 Å². The minimum Gasteiger partial charge on any atom is -0.368 e. The van der Waals surface area contributed by atoms with E-state index in [1.807, 2.05) is 0 Å². The molecule has 18 heavy (non-hydrogen) atoms. The van der Waals surface area contributed by atoms with Gasteiger partial charge in [-0.25, -0.2) is 4.39 Å². The molecule has 2 amide bonds. The van der Waals surface area contributed by atoms with Gasteiger partial charge < -0.3 is 10.6 Å². The number of amides is 2. The first-order valence-electron chi connectivity index (χ1n) is 5.91. The topological polar surface area (TPSA) is 63.4 Å².